The molecule has 1 aromatic rings. The van der Waals surface area contributed by atoms with Crippen LogP contribution in [0.4, 0.5) is 5.69 Å². The molecule has 4 nitrogen and oxygen atoms in total. The van der Waals surface area contributed by atoms with Crippen molar-refractivity contribution in [3.05, 3.63) is 24.3 Å². The van der Waals surface area contributed by atoms with E-state index in [0.29, 0.717) is 19.6 Å². The van der Waals surface area contributed by atoms with Gasteiger partial charge in [0.25, 0.3) is 0 Å². The first-order chi connectivity index (χ1) is 8.75. The number of benzene rings is 1. The number of carbonyl (C=O) groups excluding carboxylic acids is 1. The van der Waals surface area contributed by atoms with E-state index in [-0.39, 0.29) is 5.91 Å². The SMILES string of the molecule is Nc1ccc(OCCN2CCCCCC2=O)cc1. The van der Waals surface area contributed by atoms with Gasteiger partial charge in [-0.1, -0.05) is 6.42 Å². The number of rotatable bonds is 4. The van der Waals surface area contributed by atoms with Gasteiger partial charge in [0, 0.05) is 18.7 Å². The van der Waals surface area contributed by atoms with Crippen LogP contribution in [0, 0.1) is 0 Å². The lowest BCUT2D eigenvalue weighted by Gasteiger charge is -2.20. The van der Waals surface area contributed by atoms with E-state index in [2.05, 4.69) is 0 Å². The number of nitrogen functional groups attached to an aromatic ring is 1. The molecule has 1 aromatic carbocycles. The van der Waals surface area contributed by atoms with Gasteiger partial charge in [0.1, 0.15) is 12.4 Å². The second kappa shape index (κ2) is 6.28. The Labute approximate surface area is 108 Å². The zero-order chi connectivity index (χ0) is 12.8. The molecule has 0 saturated carbocycles. The minimum atomic E-state index is 0.258. The Kier molecular flexibility index (Phi) is 4.45. The summed E-state index contributed by atoms with van der Waals surface area (Å²) >= 11 is 0. The van der Waals surface area contributed by atoms with Crippen molar-refractivity contribution in [3.63, 3.8) is 0 Å². The van der Waals surface area contributed by atoms with E-state index in [4.69, 9.17) is 10.5 Å². The summed E-state index contributed by atoms with van der Waals surface area (Å²) < 4.78 is 5.60. The molecule has 0 aromatic heterocycles. The lowest BCUT2D eigenvalue weighted by molar-refractivity contribution is -0.131. The van der Waals surface area contributed by atoms with E-state index < -0.39 is 0 Å². The molecule has 0 atom stereocenters. The molecule has 1 saturated heterocycles. The maximum atomic E-state index is 11.8. The minimum Gasteiger partial charge on any atom is -0.492 e. The van der Waals surface area contributed by atoms with E-state index in [1.807, 2.05) is 29.2 Å². The monoisotopic (exact) mass is 248 g/mol. The smallest absolute Gasteiger partial charge is 0.222 e. The van der Waals surface area contributed by atoms with Gasteiger partial charge in [0.2, 0.25) is 5.91 Å². The summed E-state index contributed by atoms with van der Waals surface area (Å²) in [6, 6.07) is 7.32. The standard InChI is InChI=1S/C14H20N2O2/c15-12-5-7-13(8-6-12)18-11-10-16-9-3-1-2-4-14(16)17/h5-8H,1-4,9-11,15H2. The van der Waals surface area contributed by atoms with Gasteiger partial charge in [0.05, 0.1) is 6.54 Å². The molecule has 0 spiro atoms. The lowest BCUT2D eigenvalue weighted by Crippen LogP contribution is -2.34. The number of hydrogen-bond donors (Lipinski definition) is 1. The van der Waals surface area contributed by atoms with Crippen molar-refractivity contribution >= 4 is 11.6 Å². The van der Waals surface area contributed by atoms with E-state index in [1.165, 1.54) is 0 Å². The number of nitrogens with two attached hydrogens (primary N) is 1. The second-order valence-electron chi connectivity index (χ2n) is 4.61. The van der Waals surface area contributed by atoms with Crippen molar-refractivity contribution in [1.29, 1.82) is 0 Å². The highest BCUT2D eigenvalue weighted by Gasteiger charge is 2.15. The van der Waals surface area contributed by atoms with Crippen molar-refractivity contribution < 1.29 is 9.53 Å². The van der Waals surface area contributed by atoms with Crippen LogP contribution in [0.5, 0.6) is 5.75 Å². The first kappa shape index (κ1) is 12.7. The predicted molar refractivity (Wildman–Crippen MR) is 71.4 cm³/mol. The highest BCUT2D eigenvalue weighted by atomic mass is 16.5. The van der Waals surface area contributed by atoms with Crippen molar-refractivity contribution in [1.82, 2.24) is 4.90 Å². The fourth-order valence-corrected chi connectivity index (χ4v) is 2.11. The molecule has 0 unspecified atom stereocenters. The molecule has 1 heterocycles. The van der Waals surface area contributed by atoms with Crippen molar-refractivity contribution in [3.8, 4) is 5.75 Å². The average molecular weight is 248 g/mol. The topological polar surface area (TPSA) is 55.6 Å². The summed E-state index contributed by atoms with van der Waals surface area (Å²) in [5, 5.41) is 0. The maximum absolute atomic E-state index is 11.8. The van der Waals surface area contributed by atoms with Crippen LogP contribution in [0.25, 0.3) is 0 Å². The minimum absolute atomic E-state index is 0.258. The molecule has 2 N–H and O–H groups in total. The van der Waals surface area contributed by atoms with Crippen LogP contribution in [0.2, 0.25) is 0 Å². The van der Waals surface area contributed by atoms with Crippen LogP contribution >= 0.6 is 0 Å². The molecule has 1 amide bonds. The Hall–Kier alpha value is -1.71. The molecule has 0 radical (unpaired) electrons. The van der Waals surface area contributed by atoms with E-state index in [0.717, 1.165) is 37.2 Å². The Morgan fingerprint density at radius 1 is 1.17 bits per heavy atom. The number of nitrogens with zero attached hydrogens (tertiary/aromatic N) is 1. The van der Waals surface area contributed by atoms with Crippen molar-refractivity contribution in [2.45, 2.75) is 25.7 Å². The molecular formula is C14H20N2O2. The van der Waals surface area contributed by atoms with Crippen molar-refractivity contribution in [2.24, 2.45) is 0 Å². The molecule has 98 valence electrons. The molecule has 0 aliphatic carbocycles. The van der Waals surface area contributed by atoms with E-state index in [9.17, 15) is 4.79 Å². The van der Waals surface area contributed by atoms with Crippen LogP contribution in [-0.2, 0) is 4.79 Å². The molecule has 18 heavy (non-hydrogen) atoms. The Morgan fingerprint density at radius 2 is 1.94 bits per heavy atom. The molecular weight excluding hydrogens is 228 g/mol. The summed E-state index contributed by atoms with van der Waals surface area (Å²) in [6.07, 6.45) is 3.96. The van der Waals surface area contributed by atoms with E-state index in [1.54, 1.807) is 0 Å². The van der Waals surface area contributed by atoms with Gasteiger partial charge in [0.15, 0.2) is 0 Å². The van der Waals surface area contributed by atoms with Crippen LogP contribution < -0.4 is 10.5 Å². The Morgan fingerprint density at radius 3 is 2.72 bits per heavy atom. The first-order valence-corrected chi connectivity index (χ1v) is 6.52. The number of ether oxygens (including phenoxy) is 1. The van der Waals surface area contributed by atoms with Gasteiger partial charge < -0.3 is 15.4 Å². The summed E-state index contributed by atoms with van der Waals surface area (Å²) in [7, 11) is 0. The highest BCUT2D eigenvalue weighted by Crippen LogP contribution is 2.14. The first-order valence-electron chi connectivity index (χ1n) is 6.52. The lowest BCUT2D eigenvalue weighted by atomic mass is 10.2. The quantitative estimate of drug-likeness (QED) is 0.830. The van der Waals surface area contributed by atoms with Gasteiger partial charge in [-0.2, -0.15) is 0 Å². The number of carbonyl (C=O) groups is 1. The number of hydrogen-bond acceptors (Lipinski definition) is 3. The highest BCUT2D eigenvalue weighted by molar-refractivity contribution is 5.76. The third-order valence-electron chi connectivity index (χ3n) is 3.18. The van der Waals surface area contributed by atoms with Gasteiger partial charge >= 0.3 is 0 Å². The second-order valence-corrected chi connectivity index (χ2v) is 4.61. The zero-order valence-corrected chi connectivity index (χ0v) is 10.6. The summed E-state index contributed by atoms with van der Waals surface area (Å²) in [6.45, 7) is 2.07. The van der Waals surface area contributed by atoms with Crippen LogP contribution in [0.15, 0.2) is 24.3 Å². The molecule has 0 bridgehead atoms. The van der Waals surface area contributed by atoms with Crippen LogP contribution in [0.3, 0.4) is 0 Å². The number of likely N-dealkylation sites (tertiary alicyclic amines) is 1. The normalized spacial score (nSPS) is 16.4. The third-order valence-corrected chi connectivity index (χ3v) is 3.18. The third kappa shape index (κ3) is 3.65. The summed E-state index contributed by atoms with van der Waals surface area (Å²) in [5.74, 6) is 1.06. The Bertz CT molecular complexity index is 389. The van der Waals surface area contributed by atoms with Gasteiger partial charge in [-0.15, -0.1) is 0 Å². The largest absolute Gasteiger partial charge is 0.492 e. The van der Waals surface area contributed by atoms with Gasteiger partial charge in [-0.3, -0.25) is 4.79 Å². The van der Waals surface area contributed by atoms with Crippen LogP contribution in [-0.4, -0.2) is 30.5 Å². The van der Waals surface area contributed by atoms with E-state index >= 15 is 0 Å². The van der Waals surface area contributed by atoms with Crippen molar-refractivity contribution in [2.75, 3.05) is 25.4 Å². The number of amides is 1. The molecule has 1 aliphatic rings. The maximum Gasteiger partial charge on any atom is 0.222 e. The molecule has 1 aliphatic heterocycles. The fourth-order valence-electron chi connectivity index (χ4n) is 2.11. The summed E-state index contributed by atoms with van der Waals surface area (Å²) in [5.41, 5.74) is 6.33. The molecule has 4 heteroatoms. The molecule has 1 fully saturated rings. The van der Waals surface area contributed by atoms with Gasteiger partial charge in [-0.05, 0) is 37.1 Å². The average Bonchev–Trinajstić information content (AvgIpc) is 2.57. The Balaban J connectivity index is 1.77. The van der Waals surface area contributed by atoms with Gasteiger partial charge in [-0.25, -0.2) is 0 Å². The zero-order valence-electron chi connectivity index (χ0n) is 10.6. The number of anilines is 1. The summed E-state index contributed by atoms with van der Waals surface area (Å²) in [4.78, 5) is 13.7. The predicted octanol–water partition coefficient (Wildman–Crippen LogP) is 2.05. The van der Waals surface area contributed by atoms with Crippen LogP contribution in [0.1, 0.15) is 25.7 Å². The fraction of sp³-hybridized carbons (Fsp3) is 0.500. The molecule has 2 rings (SSSR count).